The van der Waals surface area contributed by atoms with Gasteiger partial charge < -0.3 is 14.6 Å². The predicted molar refractivity (Wildman–Crippen MR) is 90.1 cm³/mol. The van der Waals surface area contributed by atoms with Crippen molar-refractivity contribution in [1.82, 2.24) is 15.2 Å². The lowest BCUT2D eigenvalue weighted by Crippen LogP contribution is -2.57. The second-order valence-electron chi connectivity index (χ2n) is 6.12. The maximum atomic E-state index is 12.1. The molecule has 1 amide bonds. The van der Waals surface area contributed by atoms with Gasteiger partial charge in [0.05, 0.1) is 0 Å². The van der Waals surface area contributed by atoms with E-state index in [1.165, 1.54) is 37.7 Å². The number of carbonyl (C=O) groups excluding carboxylic acids is 1. The lowest BCUT2D eigenvalue weighted by atomic mass is 9.84. The quantitative estimate of drug-likeness (QED) is 0.690. The molecule has 3 aliphatic heterocycles. The predicted octanol–water partition coefficient (Wildman–Crippen LogP) is 2.64. The number of piperidine rings is 3. The topological polar surface area (TPSA) is 58.4 Å². The Morgan fingerprint density at radius 2 is 2.17 bits per heavy atom. The molecule has 4 heterocycles. The third-order valence-corrected chi connectivity index (χ3v) is 5.29. The Balaban J connectivity index is 1.32. The van der Waals surface area contributed by atoms with Gasteiger partial charge in [0.25, 0.3) is 5.22 Å². The molecule has 3 saturated heterocycles. The van der Waals surface area contributed by atoms with Gasteiger partial charge >= 0.3 is 0 Å². The average Bonchev–Trinajstić information content (AvgIpc) is 2.98. The number of rotatable bonds is 4. The Hall–Kier alpha value is -1.79. The monoisotopic (exact) mass is 329 g/mol. The second-order valence-corrected chi connectivity index (χ2v) is 6.98. The molecule has 0 radical (unpaired) electrons. The van der Waals surface area contributed by atoms with E-state index in [1.54, 1.807) is 11.5 Å². The second kappa shape index (κ2) is 6.37. The van der Waals surface area contributed by atoms with Crippen LogP contribution in [0.1, 0.15) is 12.8 Å². The zero-order chi connectivity index (χ0) is 15.6. The summed E-state index contributed by atoms with van der Waals surface area (Å²) in [5.74, 6) is 0.606. The lowest BCUT2D eigenvalue weighted by Gasteiger charge is -2.44. The van der Waals surface area contributed by atoms with Gasteiger partial charge in [0.15, 0.2) is 5.58 Å². The smallest absolute Gasteiger partial charge is 0.261 e. The van der Waals surface area contributed by atoms with Crippen molar-refractivity contribution in [2.45, 2.75) is 24.1 Å². The fraction of sp³-hybridized carbons (Fsp3) is 0.412. The summed E-state index contributed by atoms with van der Waals surface area (Å²) < 4.78 is 5.60. The van der Waals surface area contributed by atoms with Gasteiger partial charge in [-0.3, -0.25) is 4.79 Å². The highest BCUT2D eigenvalue weighted by Crippen LogP contribution is 2.27. The molecule has 0 aliphatic carbocycles. The Bertz CT molecular complexity index is 701. The van der Waals surface area contributed by atoms with Crippen molar-refractivity contribution in [2.24, 2.45) is 5.92 Å². The molecule has 2 aromatic rings. The van der Waals surface area contributed by atoms with Gasteiger partial charge in [-0.15, -0.1) is 0 Å². The molecule has 1 aromatic heterocycles. The zero-order valence-corrected chi connectivity index (χ0v) is 13.6. The molecule has 3 aliphatic rings. The van der Waals surface area contributed by atoms with E-state index in [0.717, 1.165) is 17.6 Å². The van der Waals surface area contributed by atoms with E-state index in [1.807, 2.05) is 24.3 Å². The molecule has 5 nitrogen and oxygen atoms in total. The molecular formula is C17H19N3O2S. The average molecular weight is 329 g/mol. The van der Waals surface area contributed by atoms with Gasteiger partial charge in [0.1, 0.15) is 5.52 Å². The highest BCUT2D eigenvalue weighted by atomic mass is 32.2. The fourth-order valence-corrected chi connectivity index (χ4v) is 4.01. The van der Waals surface area contributed by atoms with Crippen molar-refractivity contribution in [3.8, 4) is 0 Å². The van der Waals surface area contributed by atoms with Crippen LogP contribution in [-0.4, -0.2) is 41.5 Å². The summed E-state index contributed by atoms with van der Waals surface area (Å²) in [6, 6.07) is 7.93. The number of thioether (sulfide) groups is 1. The van der Waals surface area contributed by atoms with Gasteiger partial charge in [-0.1, -0.05) is 12.1 Å². The van der Waals surface area contributed by atoms with E-state index < -0.39 is 0 Å². The molecule has 1 N–H and O–H groups in total. The first-order valence-corrected chi connectivity index (χ1v) is 8.87. The number of amides is 1. The first kappa shape index (κ1) is 14.8. The zero-order valence-electron chi connectivity index (χ0n) is 12.8. The normalized spacial score (nSPS) is 26.9. The highest BCUT2D eigenvalue weighted by molar-refractivity contribution is 8.01. The van der Waals surface area contributed by atoms with Crippen molar-refractivity contribution in [3.63, 3.8) is 0 Å². The van der Waals surface area contributed by atoms with Crippen molar-refractivity contribution < 1.29 is 9.21 Å². The number of hydrogen-bond donors (Lipinski definition) is 1. The minimum Gasteiger partial charge on any atom is -0.431 e. The van der Waals surface area contributed by atoms with Crippen LogP contribution in [0.4, 0.5) is 0 Å². The number of oxazole rings is 1. The Morgan fingerprint density at radius 3 is 2.91 bits per heavy atom. The van der Waals surface area contributed by atoms with E-state index in [-0.39, 0.29) is 5.91 Å². The molecule has 5 rings (SSSR count). The van der Waals surface area contributed by atoms with E-state index >= 15 is 0 Å². The molecule has 1 unspecified atom stereocenters. The molecule has 23 heavy (non-hydrogen) atoms. The largest absolute Gasteiger partial charge is 0.431 e. The van der Waals surface area contributed by atoms with E-state index in [2.05, 4.69) is 15.2 Å². The van der Waals surface area contributed by atoms with Crippen LogP contribution in [0.3, 0.4) is 0 Å². The number of hydrogen-bond acceptors (Lipinski definition) is 5. The number of para-hydroxylation sites is 2. The Morgan fingerprint density at radius 1 is 1.35 bits per heavy atom. The fourth-order valence-electron chi connectivity index (χ4n) is 3.41. The Labute approximate surface area is 139 Å². The molecule has 0 spiro atoms. The van der Waals surface area contributed by atoms with Crippen molar-refractivity contribution in [3.05, 3.63) is 35.7 Å². The number of nitrogens with zero attached hydrogens (tertiary/aromatic N) is 2. The van der Waals surface area contributed by atoms with E-state index in [9.17, 15) is 4.79 Å². The summed E-state index contributed by atoms with van der Waals surface area (Å²) >= 11 is 1.32. The molecule has 120 valence electrons. The molecule has 1 atom stereocenters. The summed E-state index contributed by atoms with van der Waals surface area (Å²) in [5, 5.41) is 5.42. The molecule has 2 bridgehead atoms. The van der Waals surface area contributed by atoms with Crippen LogP contribution in [0.5, 0.6) is 0 Å². The van der Waals surface area contributed by atoms with Gasteiger partial charge in [0.2, 0.25) is 5.91 Å². The third kappa shape index (κ3) is 3.28. The van der Waals surface area contributed by atoms with Gasteiger partial charge in [-0.25, -0.2) is 4.98 Å². The minimum absolute atomic E-state index is 0.0349. The number of benzene rings is 1. The summed E-state index contributed by atoms with van der Waals surface area (Å²) in [5.41, 5.74) is 1.60. The number of carbonyl (C=O) groups is 1. The number of nitrogens with one attached hydrogen (secondary N) is 1. The van der Waals surface area contributed by atoms with Gasteiger partial charge in [0, 0.05) is 18.7 Å². The van der Waals surface area contributed by atoms with Crippen LogP contribution < -0.4 is 5.32 Å². The van der Waals surface area contributed by atoms with Crippen molar-refractivity contribution in [1.29, 1.82) is 0 Å². The van der Waals surface area contributed by atoms with Gasteiger partial charge in [-0.2, -0.15) is 0 Å². The third-order valence-electron chi connectivity index (χ3n) is 4.65. The van der Waals surface area contributed by atoms with E-state index in [0.29, 0.717) is 17.2 Å². The van der Waals surface area contributed by atoms with Crippen molar-refractivity contribution in [2.75, 3.05) is 19.6 Å². The van der Waals surface area contributed by atoms with Crippen LogP contribution in [0, 0.1) is 5.92 Å². The lowest BCUT2D eigenvalue weighted by molar-refractivity contribution is -0.118. The summed E-state index contributed by atoms with van der Waals surface area (Å²) in [6.45, 7) is 3.35. The van der Waals surface area contributed by atoms with Crippen LogP contribution in [0.15, 0.2) is 45.4 Å². The standard InChI is InChI=1S/C17H19N3O2S/c21-16(18-14-11-20-8-5-12(14)6-9-20)7-10-23-17-19-13-3-1-2-4-15(13)22-17/h1-4,7,10,12,14H,5-6,8-9,11H2,(H,18,21)/b10-7-. The SMILES string of the molecule is O=C(/C=C\Sc1nc2ccccc2o1)NC1CN2CCC1CC2. The maximum absolute atomic E-state index is 12.1. The summed E-state index contributed by atoms with van der Waals surface area (Å²) in [7, 11) is 0. The number of aromatic nitrogens is 1. The minimum atomic E-state index is -0.0349. The first-order chi connectivity index (χ1) is 11.3. The maximum Gasteiger partial charge on any atom is 0.261 e. The highest BCUT2D eigenvalue weighted by Gasteiger charge is 2.34. The summed E-state index contributed by atoms with van der Waals surface area (Å²) in [6.07, 6.45) is 3.97. The van der Waals surface area contributed by atoms with Crippen LogP contribution >= 0.6 is 11.8 Å². The molecule has 0 saturated carbocycles. The number of fused-ring (bicyclic) bond motifs is 4. The Kier molecular flexibility index (Phi) is 4.10. The van der Waals surface area contributed by atoms with Crippen LogP contribution in [0.25, 0.3) is 11.1 Å². The van der Waals surface area contributed by atoms with Crippen molar-refractivity contribution >= 4 is 28.8 Å². The first-order valence-electron chi connectivity index (χ1n) is 7.99. The molecular weight excluding hydrogens is 310 g/mol. The summed E-state index contributed by atoms with van der Waals surface area (Å²) in [4.78, 5) is 18.9. The molecule has 1 aromatic carbocycles. The van der Waals surface area contributed by atoms with Crippen LogP contribution in [0.2, 0.25) is 0 Å². The van der Waals surface area contributed by atoms with E-state index in [4.69, 9.17) is 4.42 Å². The molecule has 3 fully saturated rings. The van der Waals surface area contributed by atoms with Crippen LogP contribution in [-0.2, 0) is 4.79 Å². The van der Waals surface area contributed by atoms with Gasteiger partial charge in [-0.05, 0) is 61.2 Å². The molecule has 6 heteroatoms.